The molecule has 0 N–H and O–H groups in total. The van der Waals surface area contributed by atoms with Gasteiger partial charge in [0, 0.05) is 38.9 Å². The highest BCUT2D eigenvalue weighted by Crippen LogP contribution is 2.19. The Labute approximate surface area is 184 Å². The number of ether oxygens (including phenoxy) is 1. The first-order valence-corrected chi connectivity index (χ1v) is 10.8. The van der Waals surface area contributed by atoms with Crippen LogP contribution in [0.3, 0.4) is 0 Å². The minimum absolute atomic E-state index is 0.0129. The number of aromatic nitrogens is 2. The highest BCUT2D eigenvalue weighted by molar-refractivity contribution is 5.92. The van der Waals surface area contributed by atoms with Crippen molar-refractivity contribution in [2.24, 2.45) is 0 Å². The van der Waals surface area contributed by atoms with Crippen molar-refractivity contribution in [2.45, 2.75) is 34.0 Å². The van der Waals surface area contributed by atoms with E-state index in [1.807, 2.05) is 30.9 Å². The second kappa shape index (κ2) is 9.35. The summed E-state index contributed by atoms with van der Waals surface area (Å²) in [6.07, 6.45) is 1.80. The van der Waals surface area contributed by atoms with Gasteiger partial charge in [-0.3, -0.25) is 9.69 Å². The average molecular weight is 419 g/mol. The molecule has 0 atom stereocenters. The van der Waals surface area contributed by atoms with Gasteiger partial charge in [-0.05, 0) is 55.2 Å². The minimum Gasteiger partial charge on any atom is -0.471 e. The molecule has 2 heterocycles. The number of carbonyl (C=O) groups is 1. The van der Waals surface area contributed by atoms with E-state index in [4.69, 9.17) is 4.74 Å². The zero-order valence-corrected chi connectivity index (χ0v) is 18.5. The summed E-state index contributed by atoms with van der Waals surface area (Å²) in [5.74, 6) is 0.828. The molecular formula is C25H30N4O2. The number of aryl methyl sites for hydroxylation is 3. The molecule has 0 unspecified atom stereocenters. The third-order valence-corrected chi connectivity index (χ3v) is 5.87. The summed E-state index contributed by atoms with van der Waals surface area (Å²) in [7, 11) is 0. The van der Waals surface area contributed by atoms with Gasteiger partial charge < -0.3 is 9.64 Å². The molecule has 2 aromatic carbocycles. The average Bonchev–Trinajstić information content (AvgIpc) is 3.25. The van der Waals surface area contributed by atoms with Gasteiger partial charge in [0.05, 0.1) is 0 Å². The Morgan fingerprint density at radius 2 is 1.74 bits per heavy atom. The lowest BCUT2D eigenvalue weighted by atomic mass is 10.1. The smallest absolute Gasteiger partial charge is 0.274 e. The van der Waals surface area contributed by atoms with Crippen LogP contribution in [-0.2, 0) is 13.3 Å². The normalized spacial score (nSPS) is 14.6. The van der Waals surface area contributed by atoms with E-state index in [-0.39, 0.29) is 12.6 Å². The standard InChI is InChI=1S/C25H30N4O2/c1-19-8-9-21(3)24(16-19)31-18-29-11-10-23(26-29)25(30)28-14-12-27(13-15-28)17-22-7-5-4-6-20(22)2/h4-11,16H,12-15,17-18H2,1-3H3. The Balaban J connectivity index is 1.30. The minimum atomic E-state index is -0.0129. The summed E-state index contributed by atoms with van der Waals surface area (Å²) in [5, 5.41) is 4.44. The van der Waals surface area contributed by atoms with Gasteiger partial charge in [0.2, 0.25) is 0 Å². The number of piperazine rings is 1. The Hall–Kier alpha value is -3.12. The molecule has 0 spiro atoms. The monoisotopic (exact) mass is 418 g/mol. The molecule has 0 bridgehead atoms. The van der Waals surface area contributed by atoms with Crippen molar-refractivity contribution in [3.63, 3.8) is 0 Å². The fraction of sp³-hybridized carbons (Fsp3) is 0.360. The van der Waals surface area contributed by atoms with Crippen molar-refractivity contribution in [3.05, 3.63) is 82.7 Å². The van der Waals surface area contributed by atoms with Crippen LogP contribution in [0, 0.1) is 20.8 Å². The van der Waals surface area contributed by atoms with Crippen LogP contribution in [-0.4, -0.2) is 51.7 Å². The first-order valence-electron chi connectivity index (χ1n) is 10.8. The van der Waals surface area contributed by atoms with Gasteiger partial charge in [-0.15, -0.1) is 0 Å². The molecule has 0 saturated carbocycles. The van der Waals surface area contributed by atoms with Crippen LogP contribution in [0.2, 0.25) is 0 Å². The SMILES string of the molecule is Cc1ccc(C)c(OCn2ccc(C(=O)N3CCN(Cc4ccccc4C)CC3)n2)c1. The number of carbonyl (C=O) groups excluding carboxylic acids is 1. The molecule has 3 aromatic rings. The number of rotatable bonds is 6. The van der Waals surface area contributed by atoms with Crippen molar-refractivity contribution < 1.29 is 9.53 Å². The number of amides is 1. The van der Waals surface area contributed by atoms with Gasteiger partial charge in [-0.1, -0.05) is 36.4 Å². The number of benzene rings is 2. The fourth-order valence-corrected chi connectivity index (χ4v) is 3.85. The van der Waals surface area contributed by atoms with Crippen LogP contribution >= 0.6 is 0 Å². The van der Waals surface area contributed by atoms with E-state index < -0.39 is 0 Å². The van der Waals surface area contributed by atoms with Crippen LogP contribution in [0.15, 0.2) is 54.7 Å². The molecule has 31 heavy (non-hydrogen) atoms. The predicted molar refractivity (Wildman–Crippen MR) is 121 cm³/mol. The fourth-order valence-electron chi connectivity index (χ4n) is 3.85. The van der Waals surface area contributed by atoms with Gasteiger partial charge >= 0.3 is 0 Å². The van der Waals surface area contributed by atoms with Gasteiger partial charge in [0.15, 0.2) is 12.4 Å². The topological polar surface area (TPSA) is 50.6 Å². The molecule has 0 aliphatic carbocycles. The molecule has 1 fully saturated rings. The van der Waals surface area contributed by atoms with Gasteiger partial charge in [-0.25, -0.2) is 4.68 Å². The van der Waals surface area contributed by atoms with E-state index >= 15 is 0 Å². The maximum Gasteiger partial charge on any atom is 0.274 e. The molecule has 4 rings (SSSR count). The van der Waals surface area contributed by atoms with Crippen molar-refractivity contribution in [1.82, 2.24) is 19.6 Å². The quantitative estimate of drug-likeness (QED) is 0.611. The summed E-state index contributed by atoms with van der Waals surface area (Å²) in [6.45, 7) is 10.6. The molecule has 1 aliphatic heterocycles. The second-order valence-corrected chi connectivity index (χ2v) is 8.28. The zero-order chi connectivity index (χ0) is 21.8. The van der Waals surface area contributed by atoms with E-state index in [9.17, 15) is 4.79 Å². The lowest BCUT2D eigenvalue weighted by molar-refractivity contribution is 0.0620. The van der Waals surface area contributed by atoms with Gasteiger partial charge in [0.1, 0.15) is 5.75 Å². The number of hydrogen-bond acceptors (Lipinski definition) is 4. The number of nitrogens with zero attached hydrogens (tertiary/aromatic N) is 4. The lowest BCUT2D eigenvalue weighted by Crippen LogP contribution is -2.48. The van der Waals surface area contributed by atoms with E-state index in [1.165, 1.54) is 11.1 Å². The van der Waals surface area contributed by atoms with Crippen LogP contribution in [0.4, 0.5) is 0 Å². The molecule has 1 amide bonds. The third kappa shape index (κ3) is 5.14. The van der Waals surface area contributed by atoms with Crippen LogP contribution < -0.4 is 4.74 Å². The van der Waals surface area contributed by atoms with E-state index in [0.29, 0.717) is 5.69 Å². The number of hydrogen-bond donors (Lipinski definition) is 0. The lowest BCUT2D eigenvalue weighted by Gasteiger charge is -2.34. The van der Waals surface area contributed by atoms with Crippen LogP contribution in [0.1, 0.15) is 32.7 Å². The summed E-state index contributed by atoms with van der Waals surface area (Å²) >= 11 is 0. The maximum absolute atomic E-state index is 12.9. The van der Waals surface area contributed by atoms with E-state index in [1.54, 1.807) is 16.9 Å². The second-order valence-electron chi connectivity index (χ2n) is 8.28. The van der Waals surface area contributed by atoms with E-state index in [0.717, 1.165) is 49.6 Å². The maximum atomic E-state index is 12.9. The summed E-state index contributed by atoms with van der Waals surface area (Å²) in [6, 6.07) is 16.4. The summed E-state index contributed by atoms with van der Waals surface area (Å²) in [4.78, 5) is 17.2. The highest BCUT2D eigenvalue weighted by Gasteiger charge is 2.24. The molecular weight excluding hydrogens is 388 g/mol. The van der Waals surface area contributed by atoms with Crippen molar-refractivity contribution in [1.29, 1.82) is 0 Å². The van der Waals surface area contributed by atoms with E-state index in [2.05, 4.69) is 47.3 Å². The highest BCUT2D eigenvalue weighted by atomic mass is 16.5. The molecule has 1 saturated heterocycles. The largest absolute Gasteiger partial charge is 0.471 e. The molecule has 162 valence electrons. The molecule has 6 heteroatoms. The Morgan fingerprint density at radius 1 is 0.968 bits per heavy atom. The molecule has 1 aromatic heterocycles. The van der Waals surface area contributed by atoms with Crippen molar-refractivity contribution in [2.75, 3.05) is 26.2 Å². The third-order valence-electron chi connectivity index (χ3n) is 5.87. The van der Waals surface area contributed by atoms with Crippen molar-refractivity contribution in [3.8, 4) is 5.75 Å². The Bertz CT molecular complexity index is 1050. The first-order chi connectivity index (χ1) is 15.0. The molecule has 1 aliphatic rings. The van der Waals surface area contributed by atoms with Crippen LogP contribution in [0.25, 0.3) is 0 Å². The summed E-state index contributed by atoms with van der Waals surface area (Å²) < 4.78 is 7.56. The Kier molecular flexibility index (Phi) is 6.37. The predicted octanol–water partition coefficient (Wildman–Crippen LogP) is 3.80. The first kappa shape index (κ1) is 21.1. The van der Waals surface area contributed by atoms with Gasteiger partial charge in [0.25, 0.3) is 5.91 Å². The summed E-state index contributed by atoms with van der Waals surface area (Å²) in [5.41, 5.74) is 5.37. The molecule has 0 radical (unpaired) electrons. The molecule has 6 nitrogen and oxygen atoms in total. The zero-order valence-electron chi connectivity index (χ0n) is 18.5. The Morgan fingerprint density at radius 3 is 2.52 bits per heavy atom. The van der Waals surface area contributed by atoms with Crippen molar-refractivity contribution >= 4 is 5.91 Å². The van der Waals surface area contributed by atoms with Gasteiger partial charge in [-0.2, -0.15) is 5.10 Å². The van der Waals surface area contributed by atoms with Crippen LogP contribution in [0.5, 0.6) is 5.75 Å².